The minimum atomic E-state index is -1.09. The Hall–Kier alpha value is -3.47. The van der Waals surface area contributed by atoms with Crippen molar-refractivity contribution < 1.29 is 24.5 Å². The summed E-state index contributed by atoms with van der Waals surface area (Å²) in [4.78, 5) is 36.8. The molecule has 138 valence electrons. The number of carboxylic acid groups (broad SMARTS) is 1. The molecule has 11 heteroatoms. The Balaban J connectivity index is 0.00000163. The van der Waals surface area contributed by atoms with Crippen molar-refractivity contribution in [2.45, 2.75) is 13.8 Å². The Morgan fingerprint density at radius 1 is 1.27 bits per heavy atom. The fourth-order valence-corrected chi connectivity index (χ4v) is 2.25. The first-order valence-electron chi connectivity index (χ1n) is 7.25. The fraction of sp³-hybridized carbons (Fsp3) is 0.133. The highest BCUT2D eigenvalue weighted by atomic mass is 32.1. The van der Waals surface area contributed by atoms with Crippen LogP contribution in [0.2, 0.25) is 0 Å². The van der Waals surface area contributed by atoms with Gasteiger partial charge in [-0.2, -0.15) is 0 Å². The van der Waals surface area contributed by atoms with Gasteiger partial charge in [-0.25, -0.2) is 9.59 Å². The zero-order valence-corrected chi connectivity index (χ0v) is 14.6. The van der Waals surface area contributed by atoms with E-state index in [0.29, 0.717) is 5.69 Å². The molecule has 0 aliphatic rings. The zero-order chi connectivity index (χ0) is 19.7. The number of aromatic carboxylic acids is 1. The molecule has 0 saturated carbocycles. The van der Waals surface area contributed by atoms with Gasteiger partial charge in [0.15, 0.2) is 5.84 Å². The molecule has 0 aliphatic carbocycles. The number of carbonyl (C=O) groups excluding carboxylic acids is 1. The lowest BCUT2D eigenvalue weighted by molar-refractivity contribution is -0.380. The fourth-order valence-electron chi connectivity index (χ4n) is 1.54. The Bertz CT molecular complexity index is 816. The molecule has 26 heavy (non-hydrogen) atoms. The number of nitrogens with zero attached hydrogens (tertiary/aromatic N) is 2. The molecule has 1 aromatic heterocycles. The molecule has 0 unspecified atom stereocenters. The molecule has 4 N–H and O–H groups in total. The molecule has 0 radical (unpaired) electrons. The molecule has 2 aromatic rings. The SMILES string of the molecule is CC.N/C(=N/OC(=O)Nc1ccc(C(=O)O)cc1)c1csc([N+](=O)[O-])c1. The van der Waals surface area contributed by atoms with Crippen LogP contribution < -0.4 is 11.1 Å². The molecule has 0 spiro atoms. The number of anilines is 1. The molecule has 0 fully saturated rings. The second kappa shape index (κ2) is 9.74. The first-order valence-corrected chi connectivity index (χ1v) is 8.13. The van der Waals surface area contributed by atoms with Crippen molar-refractivity contribution in [3.8, 4) is 0 Å². The normalized spacial score (nSPS) is 10.3. The summed E-state index contributed by atoms with van der Waals surface area (Å²) < 4.78 is 0. The molecule has 0 saturated heterocycles. The highest BCUT2D eigenvalue weighted by molar-refractivity contribution is 7.13. The molecular formula is C15H16N4O6S. The van der Waals surface area contributed by atoms with Gasteiger partial charge in [0.25, 0.3) is 0 Å². The molecule has 0 bridgehead atoms. The van der Waals surface area contributed by atoms with Gasteiger partial charge in [-0.3, -0.25) is 20.3 Å². The minimum Gasteiger partial charge on any atom is -0.478 e. The quantitative estimate of drug-likeness (QED) is 0.236. The molecule has 2 rings (SSSR count). The number of rotatable bonds is 5. The van der Waals surface area contributed by atoms with Crippen molar-refractivity contribution in [2.24, 2.45) is 10.9 Å². The van der Waals surface area contributed by atoms with Gasteiger partial charge in [-0.1, -0.05) is 30.3 Å². The van der Waals surface area contributed by atoms with Gasteiger partial charge in [0.05, 0.1) is 10.5 Å². The third-order valence-corrected chi connectivity index (χ3v) is 3.55. The first-order chi connectivity index (χ1) is 12.4. The Morgan fingerprint density at radius 3 is 2.38 bits per heavy atom. The molecule has 1 amide bonds. The summed E-state index contributed by atoms with van der Waals surface area (Å²) in [6.45, 7) is 4.00. The Morgan fingerprint density at radius 2 is 1.88 bits per heavy atom. The van der Waals surface area contributed by atoms with Crippen molar-refractivity contribution in [1.82, 2.24) is 0 Å². The van der Waals surface area contributed by atoms with Crippen LogP contribution in [0.3, 0.4) is 0 Å². The number of carbonyl (C=O) groups is 2. The lowest BCUT2D eigenvalue weighted by Crippen LogP contribution is -2.17. The van der Waals surface area contributed by atoms with Crippen LogP contribution in [0.5, 0.6) is 0 Å². The van der Waals surface area contributed by atoms with E-state index in [4.69, 9.17) is 10.8 Å². The van der Waals surface area contributed by atoms with Crippen molar-refractivity contribution in [1.29, 1.82) is 0 Å². The number of nitrogens with two attached hydrogens (primary N) is 1. The summed E-state index contributed by atoms with van der Waals surface area (Å²) in [7, 11) is 0. The molecule has 10 nitrogen and oxygen atoms in total. The van der Waals surface area contributed by atoms with E-state index in [1.807, 2.05) is 13.8 Å². The van der Waals surface area contributed by atoms with Gasteiger partial charge < -0.3 is 10.8 Å². The van der Waals surface area contributed by atoms with Crippen LogP contribution in [-0.2, 0) is 4.84 Å². The third kappa shape index (κ3) is 5.87. The number of thiophene rings is 1. The smallest absolute Gasteiger partial charge is 0.437 e. The van der Waals surface area contributed by atoms with E-state index in [0.717, 1.165) is 11.3 Å². The van der Waals surface area contributed by atoms with Crippen LogP contribution >= 0.6 is 11.3 Å². The van der Waals surface area contributed by atoms with E-state index in [9.17, 15) is 19.7 Å². The summed E-state index contributed by atoms with van der Waals surface area (Å²) in [6.07, 6.45) is -0.953. The van der Waals surface area contributed by atoms with Gasteiger partial charge in [0.1, 0.15) is 0 Å². The average molecular weight is 380 g/mol. The first kappa shape index (κ1) is 20.6. The van der Waals surface area contributed by atoms with Crippen molar-refractivity contribution >= 4 is 39.9 Å². The predicted molar refractivity (Wildman–Crippen MR) is 96.6 cm³/mol. The van der Waals surface area contributed by atoms with E-state index >= 15 is 0 Å². The summed E-state index contributed by atoms with van der Waals surface area (Å²) in [6, 6.07) is 6.57. The molecule has 0 atom stereocenters. The standard InChI is InChI=1S/C13H10N4O6S.C2H6/c14-11(8-5-10(17(21)22)24-6-8)16-23-13(20)15-9-3-1-7(2-4-9)12(18)19;1-2/h1-6H,(H2,14,16)(H,15,20)(H,18,19);1-2H3. The average Bonchev–Trinajstić information content (AvgIpc) is 3.12. The van der Waals surface area contributed by atoms with E-state index in [1.54, 1.807) is 0 Å². The van der Waals surface area contributed by atoms with Gasteiger partial charge in [0.2, 0.25) is 0 Å². The van der Waals surface area contributed by atoms with Crippen LogP contribution in [0.25, 0.3) is 0 Å². The van der Waals surface area contributed by atoms with E-state index in [2.05, 4.69) is 15.3 Å². The number of amidine groups is 1. The van der Waals surface area contributed by atoms with Crippen molar-refractivity contribution in [3.63, 3.8) is 0 Å². The molecular weight excluding hydrogens is 364 g/mol. The maximum absolute atomic E-state index is 11.6. The van der Waals surface area contributed by atoms with Crippen molar-refractivity contribution in [3.05, 3.63) is 57.0 Å². The van der Waals surface area contributed by atoms with Gasteiger partial charge >= 0.3 is 17.1 Å². The highest BCUT2D eigenvalue weighted by Gasteiger charge is 2.13. The largest absolute Gasteiger partial charge is 0.478 e. The number of oxime groups is 1. The lowest BCUT2D eigenvalue weighted by Gasteiger charge is -2.03. The summed E-state index contributed by atoms with van der Waals surface area (Å²) in [5, 5.41) is 26.3. The monoisotopic (exact) mass is 380 g/mol. The van der Waals surface area contributed by atoms with Crippen LogP contribution in [-0.4, -0.2) is 27.9 Å². The number of carboxylic acids is 1. The topological polar surface area (TPSA) is 157 Å². The number of benzene rings is 1. The van der Waals surface area contributed by atoms with Crippen LogP contribution in [0, 0.1) is 10.1 Å². The maximum atomic E-state index is 11.6. The van der Waals surface area contributed by atoms with Gasteiger partial charge in [0, 0.05) is 22.7 Å². The zero-order valence-electron chi connectivity index (χ0n) is 13.8. The molecule has 1 aromatic carbocycles. The van der Waals surface area contributed by atoms with E-state index < -0.39 is 17.0 Å². The number of hydrogen-bond donors (Lipinski definition) is 3. The van der Waals surface area contributed by atoms with Crippen LogP contribution in [0.4, 0.5) is 15.5 Å². The van der Waals surface area contributed by atoms with Gasteiger partial charge in [-0.15, -0.1) is 0 Å². The van der Waals surface area contributed by atoms with Crippen molar-refractivity contribution in [2.75, 3.05) is 5.32 Å². The van der Waals surface area contributed by atoms with Gasteiger partial charge in [-0.05, 0) is 24.3 Å². The van der Waals surface area contributed by atoms with E-state index in [-0.39, 0.29) is 22.0 Å². The third-order valence-electron chi connectivity index (χ3n) is 2.67. The van der Waals surface area contributed by atoms with E-state index in [1.165, 1.54) is 35.7 Å². The molecule has 1 heterocycles. The summed E-state index contributed by atoms with van der Waals surface area (Å²) >= 11 is 0.863. The maximum Gasteiger partial charge on any atom is 0.437 e. The lowest BCUT2D eigenvalue weighted by atomic mass is 10.2. The highest BCUT2D eigenvalue weighted by Crippen LogP contribution is 2.22. The second-order valence-corrected chi connectivity index (χ2v) is 5.18. The molecule has 0 aliphatic heterocycles. The summed E-state index contributed by atoms with van der Waals surface area (Å²) in [5.41, 5.74) is 6.18. The van der Waals surface area contributed by atoms with Crippen LogP contribution in [0.1, 0.15) is 29.8 Å². The Kier molecular flexibility index (Phi) is 7.70. The minimum absolute atomic E-state index is 0.0650. The number of amides is 1. The predicted octanol–water partition coefficient (Wildman–Crippen LogP) is 3.25. The number of nitrogens with one attached hydrogen (secondary N) is 1. The Labute approximate surface area is 152 Å². The number of hydrogen-bond acceptors (Lipinski definition) is 7. The second-order valence-electron chi connectivity index (χ2n) is 4.29. The van der Waals surface area contributed by atoms with Crippen LogP contribution in [0.15, 0.2) is 40.9 Å². The number of nitro groups is 1. The summed E-state index contributed by atoms with van der Waals surface area (Å²) in [5.74, 6) is -1.29.